The zero-order valence-corrected chi connectivity index (χ0v) is 13.7. The number of hydrogen-bond donors (Lipinski definition) is 1. The second kappa shape index (κ2) is 10.6. The third-order valence-corrected chi connectivity index (χ3v) is 3.32. The molecule has 1 N–H and O–H groups in total. The van der Waals surface area contributed by atoms with Crippen LogP contribution >= 0.6 is 0 Å². The van der Waals surface area contributed by atoms with E-state index in [1.807, 2.05) is 13.8 Å². The summed E-state index contributed by atoms with van der Waals surface area (Å²) in [7, 11) is 2.14. The Hall–Kier alpha value is -0.210. The molecule has 0 spiro atoms. The van der Waals surface area contributed by atoms with Gasteiger partial charge in [-0.1, -0.05) is 13.8 Å². The first kappa shape index (κ1) is 21.1. The van der Waals surface area contributed by atoms with Crippen molar-refractivity contribution >= 4 is 10.1 Å². The van der Waals surface area contributed by atoms with E-state index in [1.54, 1.807) is 0 Å². The molecule has 0 aromatic heterocycles. The predicted octanol–water partition coefficient (Wildman–Crippen LogP) is -0.0516. The topological polar surface area (TPSA) is 80.7 Å². The van der Waals surface area contributed by atoms with Gasteiger partial charge in [0.2, 0.25) is 0 Å². The molecule has 0 aliphatic heterocycles. The molecular formula is C12H30N2O4S. The van der Waals surface area contributed by atoms with Gasteiger partial charge in [0.05, 0.1) is 37.9 Å². The highest BCUT2D eigenvalue weighted by molar-refractivity contribution is 7.85. The van der Waals surface area contributed by atoms with Gasteiger partial charge in [0.1, 0.15) is 6.54 Å². The molecule has 7 heteroatoms. The molecular weight excluding hydrogens is 268 g/mol. The summed E-state index contributed by atoms with van der Waals surface area (Å²) in [5.74, 6) is -0.247. The van der Waals surface area contributed by atoms with E-state index in [0.717, 1.165) is 24.1 Å². The van der Waals surface area contributed by atoms with Crippen LogP contribution in [0.3, 0.4) is 0 Å². The molecule has 118 valence electrons. The molecule has 0 saturated carbocycles. The van der Waals surface area contributed by atoms with E-state index < -0.39 is 10.1 Å². The fraction of sp³-hybridized carbons (Fsp3) is 1.00. The first-order valence-corrected chi connectivity index (χ1v) is 8.20. The maximum Gasteiger partial charge on any atom is 0.101 e. The fourth-order valence-corrected chi connectivity index (χ4v) is 1.79. The molecule has 6 nitrogen and oxygen atoms in total. The Labute approximate surface area is 118 Å². The van der Waals surface area contributed by atoms with Gasteiger partial charge in [0, 0.05) is 5.75 Å². The van der Waals surface area contributed by atoms with Crippen molar-refractivity contribution < 1.29 is 22.6 Å². The minimum absolute atomic E-state index is 0.247. The van der Waals surface area contributed by atoms with E-state index in [4.69, 9.17) is 5.11 Å². The summed E-state index contributed by atoms with van der Waals surface area (Å²) in [6.45, 7) is 7.62. The zero-order chi connectivity index (χ0) is 15.5. The van der Waals surface area contributed by atoms with Crippen molar-refractivity contribution in [3.63, 3.8) is 0 Å². The van der Waals surface area contributed by atoms with Crippen LogP contribution in [-0.2, 0) is 10.1 Å². The molecule has 0 radical (unpaired) electrons. The molecule has 0 atom stereocenters. The molecule has 0 saturated heterocycles. The highest BCUT2D eigenvalue weighted by atomic mass is 32.2. The number of aliphatic hydroxyl groups excluding tert-OH is 1. The molecule has 19 heavy (non-hydrogen) atoms. The van der Waals surface area contributed by atoms with Crippen molar-refractivity contribution in [1.29, 1.82) is 0 Å². The van der Waals surface area contributed by atoms with E-state index in [9.17, 15) is 13.0 Å². The van der Waals surface area contributed by atoms with Crippen LogP contribution in [0.5, 0.6) is 0 Å². The molecule has 0 aromatic rings. The van der Waals surface area contributed by atoms with Crippen molar-refractivity contribution in [2.75, 3.05) is 59.7 Å². The predicted molar refractivity (Wildman–Crippen MR) is 77.0 cm³/mol. The Kier molecular flexibility index (Phi) is 11.7. The van der Waals surface area contributed by atoms with Crippen LogP contribution < -0.4 is 0 Å². The first-order chi connectivity index (χ1) is 8.55. The van der Waals surface area contributed by atoms with Gasteiger partial charge < -0.3 is 19.0 Å². The largest absolute Gasteiger partial charge is 0.748 e. The number of rotatable bonds is 8. The Balaban J connectivity index is 0. The summed E-state index contributed by atoms with van der Waals surface area (Å²) in [6.07, 6.45) is 0.438. The summed E-state index contributed by atoms with van der Waals surface area (Å²) < 4.78 is 31.5. The van der Waals surface area contributed by atoms with Gasteiger partial charge in [0.15, 0.2) is 0 Å². The molecule has 0 aromatic carbocycles. The Bertz CT molecular complexity index is 295. The van der Waals surface area contributed by atoms with E-state index in [0.29, 0.717) is 13.0 Å². The van der Waals surface area contributed by atoms with Crippen molar-refractivity contribution in [1.82, 2.24) is 4.90 Å². The highest BCUT2D eigenvalue weighted by Gasteiger charge is 2.02. The van der Waals surface area contributed by atoms with E-state index in [1.165, 1.54) is 0 Å². The van der Waals surface area contributed by atoms with Crippen LogP contribution in [0.15, 0.2) is 0 Å². The van der Waals surface area contributed by atoms with Gasteiger partial charge in [0.25, 0.3) is 0 Å². The molecule has 0 bridgehead atoms. The lowest BCUT2D eigenvalue weighted by molar-refractivity contribution is -0.870. The van der Waals surface area contributed by atoms with Crippen LogP contribution in [0.1, 0.15) is 20.3 Å². The summed E-state index contributed by atoms with van der Waals surface area (Å²) in [4.78, 5) is 2.09. The molecule has 0 aliphatic carbocycles. The lowest BCUT2D eigenvalue weighted by Crippen LogP contribution is -2.36. The summed E-state index contributed by atoms with van der Waals surface area (Å²) in [5.41, 5.74) is 0. The van der Waals surface area contributed by atoms with Crippen molar-refractivity contribution in [2.45, 2.75) is 20.3 Å². The molecule has 0 unspecified atom stereocenters. The average Bonchev–Trinajstić information content (AvgIpc) is 2.22. The number of hydrogen-bond acceptors (Lipinski definition) is 5. The smallest absolute Gasteiger partial charge is 0.101 e. The third-order valence-electron chi connectivity index (χ3n) is 2.53. The minimum atomic E-state index is -4.01. The van der Waals surface area contributed by atoms with Crippen LogP contribution in [0.2, 0.25) is 0 Å². The van der Waals surface area contributed by atoms with Gasteiger partial charge in [-0.25, -0.2) is 8.42 Å². The average molecular weight is 298 g/mol. The molecule has 0 heterocycles. The van der Waals surface area contributed by atoms with Gasteiger partial charge >= 0.3 is 0 Å². The van der Waals surface area contributed by atoms with Crippen LogP contribution in [0, 0.1) is 0 Å². The monoisotopic (exact) mass is 298 g/mol. The Morgan fingerprint density at radius 3 is 1.84 bits per heavy atom. The summed E-state index contributed by atoms with van der Waals surface area (Å²) in [6, 6.07) is 0. The van der Waals surface area contributed by atoms with E-state index >= 15 is 0 Å². The first-order valence-electron chi connectivity index (χ1n) is 6.63. The molecule has 0 fully saturated rings. The van der Waals surface area contributed by atoms with E-state index in [2.05, 4.69) is 26.0 Å². The summed E-state index contributed by atoms with van der Waals surface area (Å²) >= 11 is 0. The van der Waals surface area contributed by atoms with Gasteiger partial charge in [-0.3, -0.25) is 0 Å². The normalized spacial score (nSPS) is 12.2. The van der Waals surface area contributed by atoms with Crippen LogP contribution in [0.25, 0.3) is 0 Å². The van der Waals surface area contributed by atoms with Gasteiger partial charge in [-0.2, -0.15) is 0 Å². The van der Waals surface area contributed by atoms with Crippen molar-refractivity contribution in [3.8, 4) is 0 Å². The Morgan fingerprint density at radius 2 is 1.63 bits per heavy atom. The van der Waals surface area contributed by atoms with Gasteiger partial charge in [-0.05, 0) is 26.1 Å². The Morgan fingerprint density at radius 1 is 1.16 bits per heavy atom. The maximum absolute atomic E-state index is 10.2. The maximum atomic E-state index is 10.2. The lowest BCUT2D eigenvalue weighted by Gasteiger charge is -2.21. The van der Waals surface area contributed by atoms with Crippen molar-refractivity contribution in [2.24, 2.45) is 0 Å². The molecule has 0 aliphatic rings. The van der Waals surface area contributed by atoms with Crippen molar-refractivity contribution in [3.05, 3.63) is 0 Å². The SMILES string of the molecule is CCN(CC)CCCS(=O)(=O)[O-].C[N+](C)(C)CCO. The van der Waals surface area contributed by atoms with E-state index in [-0.39, 0.29) is 12.4 Å². The zero-order valence-electron chi connectivity index (χ0n) is 12.9. The summed E-state index contributed by atoms with van der Waals surface area (Å²) in [5, 5.41) is 8.39. The molecule has 0 rings (SSSR count). The quantitative estimate of drug-likeness (QED) is 0.502. The van der Waals surface area contributed by atoms with Crippen LogP contribution in [-0.4, -0.2) is 87.1 Å². The van der Waals surface area contributed by atoms with Crippen LogP contribution in [0.4, 0.5) is 0 Å². The van der Waals surface area contributed by atoms with Gasteiger partial charge in [-0.15, -0.1) is 0 Å². The number of quaternary nitrogens is 1. The highest BCUT2D eigenvalue weighted by Crippen LogP contribution is 1.93. The second-order valence-electron chi connectivity index (χ2n) is 5.38. The minimum Gasteiger partial charge on any atom is -0.748 e. The number of nitrogens with zero attached hydrogens (tertiary/aromatic N) is 2. The standard InChI is InChI=1S/C7H17NO3S.C5H14NO/c1-3-8(4-2)6-5-7-12(9,10)11;1-6(2,3)4-5-7/h3-7H2,1-2H3,(H,9,10,11);7H,4-5H2,1-3H3/q;+1/p-1. The number of likely N-dealkylation sites (N-methyl/N-ethyl adjacent to an activating group) is 1. The second-order valence-corrected chi connectivity index (χ2v) is 6.90. The third kappa shape index (κ3) is 20.3. The fourth-order valence-electron chi connectivity index (χ4n) is 1.30. The molecule has 0 amide bonds. The lowest BCUT2D eigenvalue weighted by atomic mass is 10.4. The number of aliphatic hydroxyl groups is 1.